The van der Waals surface area contributed by atoms with Crippen LogP contribution in [0.4, 0.5) is 5.69 Å². The van der Waals surface area contributed by atoms with Crippen molar-refractivity contribution < 1.29 is 14.1 Å². The molecule has 1 aromatic rings. The van der Waals surface area contributed by atoms with Gasteiger partial charge in [-0.25, -0.2) is 4.79 Å². The molecule has 0 saturated carbocycles. The predicted molar refractivity (Wildman–Crippen MR) is 94.3 cm³/mol. The zero-order chi connectivity index (χ0) is 16.9. The maximum atomic E-state index is 12.8. The van der Waals surface area contributed by atoms with E-state index in [2.05, 4.69) is 0 Å². The summed E-state index contributed by atoms with van der Waals surface area (Å²) in [5.74, 6) is -0.871. The van der Waals surface area contributed by atoms with Crippen LogP contribution in [0.15, 0.2) is 24.3 Å². The molecular weight excluding hydrogens is 344 g/mol. The highest BCUT2D eigenvalue weighted by Gasteiger charge is 2.44. The summed E-state index contributed by atoms with van der Waals surface area (Å²) >= 11 is 12.2. The minimum Gasteiger partial charge on any atom is -0.460 e. The fourth-order valence-corrected chi connectivity index (χ4v) is 4.06. The zero-order valence-corrected chi connectivity index (χ0v) is 15.7. The first-order valence-corrected chi connectivity index (χ1v) is 9.39. The monoisotopic (exact) mass is 365 g/mol. The molecule has 0 saturated heterocycles. The summed E-state index contributed by atoms with van der Waals surface area (Å²) in [7, 11) is -2.82. The van der Waals surface area contributed by atoms with Crippen LogP contribution in [0, 0.1) is 0 Å². The summed E-state index contributed by atoms with van der Waals surface area (Å²) in [5, 5.41) is 0.488. The molecule has 0 amide bonds. The number of alkyl halides is 2. The second kappa shape index (κ2) is 8.24. The van der Waals surface area contributed by atoms with E-state index in [1.54, 1.807) is 26.0 Å². The Bertz CT molecular complexity index is 545. The summed E-state index contributed by atoms with van der Waals surface area (Å²) < 4.78 is 15.8. The van der Waals surface area contributed by atoms with Crippen LogP contribution in [-0.4, -0.2) is 29.2 Å². The number of carbonyl (C=O) groups is 1. The largest absolute Gasteiger partial charge is 0.460 e. The van der Waals surface area contributed by atoms with Gasteiger partial charge in [0.1, 0.15) is 0 Å². The van der Waals surface area contributed by atoms with Crippen LogP contribution < -0.4 is 10.2 Å². The van der Waals surface area contributed by atoms with Crippen LogP contribution in [0.5, 0.6) is 0 Å². The number of benzene rings is 1. The van der Waals surface area contributed by atoms with Gasteiger partial charge in [-0.2, -0.15) is 0 Å². The van der Waals surface area contributed by atoms with Gasteiger partial charge in [0.05, 0.1) is 6.10 Å². The lowest BCUT2D eigenvalue weighted by Gasteiger charge is -2.26. The highest BCUT2D eigenvalue weighted by Crippen LogP contribution is 2.48. The smallest absolute Gasteiger partial charge is 0.350 e. The first-order valence-electron chi connectivity index (χ1n) is 7.23. The first kappa shape index (κ1) is 19.3. The molecule has 1 rings (SSSR count). The average Bonchev–Trinajstić information content (AvgIpc) is 2.47. The van der Waals surface area contributed by atoms with E-state index in [0.717, 1.165) is 18.8 Å². The molecule has 0 N–H and O–H groups in total. The highest BCUT2D eigenvalue weighted by atomic mass is 35.5. The molecule has 0 fully saturated rings. The van der Waals surface area contributed by atoms with Crippen LogP contribution in [0.2, 0.25) is 0 Å². The lowest BCUT2D eigenvalue weighted by molar-refractivity contribution is -0.146. The highest BCUT2D eigenvalue weighted by molar-refractivity contribution is 7.61. The molecule has 0 heterocycles. The second-order valence-electron chi connectivity index (χ2n) is 5.05. The summed E-state index contributed by atoms with van der Waals surface area (Å²) in [6.45, 7) is 8.86. The predicted octanol–water partition coefficient (Wildman–Crippen LogP) is 3.80. The standard InChI is InChI=1S/C15H22Cl2NO3P/c1-5-18(6-2)12-9-7-8-10-13(12)22(20)15(16,17)14(19)21-11(3)4/h7-11,22H,5-6H2,1-4H3. The maximum absolute atomic E-state index is 12.8. The van der Waals surface area contributed by atoms with Gasteiger partial charge >= 0.3 is 5.97 Å². The van der Waals surface area contributed by atoms with Crippen molar-refractivity contribution in [3.8, 4) is 0 Å². The number of carbonyl (C=O) groups excluding carboxylic acids is 1. The van der Waals surface area contributed by atoms with Gasteiger partial charge < -0.3 is 14.2 Å². The Kier molecular flexibility index (Phi) is 7.24. The lowest BCUT2D eigenvalue weighted by atomic mass is 10.3. The van der Waals surface area contributed by atoms with E-state index in [4.69, 9.17) is 27.9 Å². The molecule has 1 atom stereocenters. The van der Waals surface area contributed by atoms with E-state index in [-0.39, 0.29) is 6.10 Å². The topological polar surface area (TPSA) is 46.6 Å². The molecule has 0 aliphatic heterocycles. The van der Waals surface area contributed by atoms with Gasteiger partial charge in [0.2, 0.25) is 0 Å². The molecule has 1 unspecified atom stereocenters. The third kappa shape index (κ3) is 4.41. The number of esters is 1. The van der Waals surface area contributed by atoms with E-state index < -0.39 is 17.8 Å². The van der Waals surface area contributed by atoms with Crippen LogP contribution >= 0.6 is 31.0 Å². The Morgan fingerprint density at radius 2 is 1.82 bits per heavy atom. The Hall–Kier alpha value is -0.700. The number of hydrogen-bond donors (Lipinski definition) is 0. The van der Waals surface area contributed by atoms with Crippen molar-refractivity contribution in [1.29, 1.82) is 0 Å². The van der Waals surface area contributed by atoms with Gasteiger partial charge in [-0.3, -0.25) is 0 Å². The summed E-state index contributed by atoms with van der Waals surface area (Å²) in [6, 6.07) is 7.14. The Morgan fingerprint density at radius 1 is 1.27 bits per heavy atom. The van der Waals surface area contributed by atoms with Crippen LogP contribution in [0.25, 0.3) is 0 Å². The fourth-order valence-electron chi connectivity index (χ4n) is 2.06. The lowest BCUT2D eigenvalue weighted by Crippen LogP contribution is -2.32. The summed E-state index contributed by atoms with van der Waals surface area (Å²) in [6.07, 6.45) is -0.378. The third-order valence-corrected chi connectivity index (χ3v) is 6.16. The van der Waals surface area contributed by atoms with Gasteiger partial charge in [-0.15, -0.1) is 0 Å². The number of halogens is 2. The van der Waals surface area contributed by atoms with Crippen molar-refractivity contribution in [2.75, 3.05) is 18.0 Å². The number of hydrogen-bond acceptors (Lipinski definition) is 4. The van der Waals surface area contributed by atoms with Crippen molar-refractivity contribution in [3.63, 3.8) is 0 Å². The molecule has 22 heavy (non-hydrogen) atoms. The van der Waals surface area contributed by atoms with E-state index >= 15 is 0 Å². The van der Waals surface area contributed by atoms with E-state index in [0.29, 0.717) is 5.30 Å². The first-order chi connectivity index (χ1) is 10.3. The maximum Gasteiger partial charge on any atom is 0.350 e. The number of para-hydroxylation sites is 1. The zero-order valence-electron chi connectivity index (χ0n) is 13.2. The molecule has 0 radical (unpaired) electrons. The molecule has 0 aromatic heterocycles. The fraction of sp³-hybridized carbons (Fsp3) is 0.533. The SMILES string of the molecule is CCN(CC)c1ccccc1[PH](=O)C(Cl)(Cl)C(=O)OC(C)C. The number of nitrogens with zero attached hydrogens (tertiary/aromatic N) is 1. The normalized spacial score (nSPS) is 13.0. The molecule has 4 nitrogen and oxygen atoms in total. The third-order valence-electron chi connectivity index (χ3n) is 3.14. The molecule has 1 aromatic carbocycles. The van der Waals surface area contributed by atoms with E-state index in [1.807, 2.05) is 30.9 Å². The second-order valence-corrected chi connectivity index (χ2v) is 8.96. The van der Waals surface area contributed by atoms with Crippen LogP contribution in [0.1, 0.15) is 27.7 Å². The van der Waals surface area contributed by atoms with Crippen LogP contribution in [0.3, 0.4) is 0 Å². The van der Waals surface area contributed by atoms with Crippen molar-refractivity contribution in [2.24, 2.45) is 0 Å². The van der Waals surface area contributed by atoms with Crippen molar-refractivity contribution in [1.82, 2.24) is 0 Å². The quantitative estimate of drug-likeness (QED) is 0.418. The summed E-state index contributed by atoms with van der Waals surface area (Å²) in [5.41, 5.74) is 0.777. The summed E-state index contributed by atoms with van der Waals surface area (Å²) in [4.78, 5) is 14.1. The minimum absolute atomic E-state index is 0.378. The Labute approximate surface area is 142 Å². The van der Waals surface area contributed by atoms with E-state index in [1.165, 1.54) is 0 Å². The molecule has 0 aliphatic carbocycles. The van der Waals surface area contributed by atoms with Gasteiger partial charge in [0.15, 0.2) is 7.80 Å². The minimum atomic E-state index is -2.82. The van der Waals surface area contributed by atoms with Gasteiger partial charge in [-0.05, 0) is 39.8 Å². The van der Waals surface area contributed by atoms with Crippen LogP contribution in [-0.2, 0) is 14.1 Å². The van der Waals surface area contributed by atoms with Crippen molar-refractivity contribution >= 4 is 48.0 Å². The van der Waals surface area contributed by atoms with Gasteiger partial charge in [0, 0.05) is 24.1 Å². The molecule has 7 heteroatoms. The Balaban J connectivity index is 3.20. The molecule has 0 spiro atoms. The van der Waals surface area contributed by atoms with Gasteiger partial charge in [-0.1, -0.05) is 35.3 Å². The Morgan fingerprint density at radius 3 is 2.32 bits per heavy atom. The number of anilines is 1. The van der Waals surface area contributed by atoms with E-state index in [9.17, 15) is 9.36 Å². The number of ether oxygens (including phenoxy) is 1. The van der Waals surface area contributed by atoms with Crippen molar-refractivity contribution in [2.45, 2.75) is 37.9 Å². The van der Waals surface area contributed by atoms with Gasteiger partial charge in [0.25, 0.3) is 4.07 Å². The number of rotatable bonds is 7. The molecule has 0 aliphatic rings. The molecule has 124 valence electrons. The van der Waals surface area contributed by atoms with Crippen molar-refractivity contribution in [3.05, 3.63) is 24.3 Å². The molecule has 0 bridgehead atoms. The molecular formula is C15H22Cl2NO3P. The average molecular weight is 366 g/mol.